The van der Waals surface area contributed by atoms with Crippen molar-refractivity contribution in [1.29, 1.82) is 0 Å². The van der Waals surface area contributed by atoms with Crippen molar-refractivity contribution >= 4 is 15.6 Å². The molecule has 0 N–H and O–H groups in total. The number of rotatable bonds is 4. The van der Waals surface area contributed by atoms with Gasteiger partial charge < -0.3 is 9.47 Å². The summed E-state index contributed by atoms with van der Waals surface area (Å²) in [5.41, 5.74) is 0. The average molecular weight is 324 g/mol. The molecule has 1 aromatic rings. The Bertz CT molecular complexity index is 632. The highest BCUT2D eigenvalue weighted by atomic mass is 32.2. The first-order valence-corrected chi connectivity index (χ1v) is 9.24. The molecule has 1 aliphatic carbocycles. The first-order chi connectivity index (χ1) is 10.5. The van der Waals surface area contributed by atoms with Crippen LogP contribution in [-0.4, -0.2) is 39.0 Å². The van der Waals surface area contributed by atoms with Gasteiger partial charge in [-0.1, -0.05) is 18.2 Å². The number of benzene rings is 1. The average Bonchev–Trinajstić information content (AvgIpc) is 2.98. The highest BCUT2D eigenvalue weighted by Gasteiger charge is 2.44. The van der Waals surface area contributed by atoms with Crippen molar-refractivity contribution in [3.8, 4) is 0 Å². The Morgan fingerprint density at radius 1 is 1.14 bits per heavy atom. The zero-order chi connectivity index (χ0) is 15.6. The van der Waals surface area contributed by atoms with Crippen LogP contribution in [0.25, 0.3) is 0 Å². The molecule has 0 amide bonds. The Kier molecular flexibility index (Phi) is 4.34. The van der Waals surface area contributed by atoms with Gasteiger partial charge in [-0.2, -0.15) is 0 Å². The van der Waals surface area contributed by atoms with Crippen LogP contribution in [0.2, 0.25) is 0 Å². The lowest BCUT2D eigenvalue weighted by Gasteiger charge is -2.35. The molecule has 0 aromatic heterocycles. The third kappa shape index (κ3) is 3.24. The lowest BCUT2D eigenvalue weighted by molar-refractivity contribution is -0.189. The molecule has 1 atom stereocenters. The van der Waals surface area contributed by atoms with Crippen molar-refractivity contribution < 1.29 is 22.7 Å². The number of hydrogen-bond acceptors (Lipinski definition) is 5. The van der Waals surface area contributed by atoms with Gasteiger partial charge in [0.05, 0.1) is 23.9 Å². The van der Waals surface area contributed by atoms with E-state index < -0.39 is 15.6 Å². The van der Waals surface area contributed by atoms with E-state index in [0.29, 0.717) is 43.8 Å². The third-order valence-electron chi connectivity index (χ3n) is 4.42. The molecule has 2 aliphatic rings. The largest absolute Gasteiger partial charge is 0.347 e. The van der Waals surface area contributed by atoms with Gasteiger partial charge in [0.2, 0.25) is 0 Å². The summed E-state index contributed by atoms with van der Waals surface area (Å²) in [5, 5.41) is 0. The van der Waals surface area contributed by atoms with Crippen LogP contribution in [0.5, 0.6) is 0 Å². The fourth-order valence-electron chi connectivity index (χ4n) is 3.17. The number of hydrogen-bond donors (Lipinski definition) is 0. The molecule has 22 heavy (non-hydrogen) atoms. The zero-order valence-corrected chi connectivity index (χ0v) is 13.2. The molecular weight excluding hydrogens is 304 g/mol. The Balaban J connectivity index is 1.66. The van der Waals surface area contributed by atoms with Crippen molar-refractivity contribution in [2.45, 2.75) is 36.4 Å². The van der Waals surface area contributed by atoms with E-state index in [4.69, 9.17) is 9.47 Å². The normalized spacial score (nSPS) is 24.7. The highest BCUT2D eigenvalue weighted by molar-refractivity contribution is 7.91. The summed E-state index contributed by atoms with van der Waals surface area (Å²) in [6.07, 6.45) is 1.77. The fourth-order valence-corrected chi connectivity index (χ4v) is 4.58. The van der Waals surface area contributed by atoms with Crippen LogP contribution in [-0.2, 0) is 24.1 Å². The summed E-state index contributed by atoms with van der Waals surface area (Å²) >= 11 is 0. The molecule has 120 valence electrons. The summed E-state index contributed by atoms with van der Waals surface area (Å²) in [6, 6.07) is 8.36. The van der Waals surface area contributed by atoms with Crippen LogP contribution >= 0.6 is 0 Å². The number of ketones is 1. The van der Waals surface area contributed by atoms with E-state index >= 15 is 0 Å². The predicted molar refractivity (Wildman–Crippen MR) is 80.1 cm³/mol. The molecule has 0 radical (unpaired) electrons. The van der Waals surface area contributed by atoms with Crippen LogP contribution < -0.4 is 0 Å². The summed E-state index contributed by atoms with van der Waals surface area (Å²) in [7, 11) is -3.35. The molecule has 2 fully saturated rings. The number of ether oxygens (including phenoxy) is 2. The minimum atomic E-state index is -3.35. The van der Waals surface area contributed by atoms with Crippen LogP contribution in [0, 0.1) is 5.92 Å². The maximum Gasteiger partial charge on any atom is 0.178 e. The second-order valence-corrected chi connectivity index (χ2v) is 8.00. The van der Waals surface area contributed by atoms with Gasteiger partial charge in [-0.05, 0) is 18.6 Å². The second kappa shape index (κ2) is 6.10. The summed E-state index contributed by atoms with van der Waals surface area (Å²) < 4.78 is 35.9. The summed E-state index contributed by atoms with van der Waals surface area (Å²) in [4.78, 5) is 12.4. The Hall–Kier alpha value is -1.24. The van der Waals surface area contributed by atoms with Gasteiger partial charge in [0.1, 0.15) is 5.78 Å². The van der Waals surface area contributed by atoms with Crippen molar-refractivity contribution in [3.05, 3.63) is 30.3 Å². The van der Waals surface area contributed by atoms with Crippen molar-refractivity contribution in [2.24, 2.45) is 5.92 Å². The van der Waals surface area contributed by atoms with Crippen molar-refractivity contribution in [3.63, 3.8) is 0 Å². The molecule has 1 saturated heterocycles. The highest BCUT2D eigenvalue weighted by Crippen LogP contribution is 2.38. The third-order valence-corrected chi connectivity index (χ3v) is 6.18. The monoisotopic (exact) mass is 324 g/mol. The maximum atomic E-state index is 12.3. The standard InChI is InChI=1S/C16H20O5S/c17-15-6-8-16(20-9-10-21-16)12-13(15)7-11-22(18,19)14-4-2-1-3-5-14/h1-5,13H,6-12H2. The lowest BCUT2D eigenvalue weighted by Crippen LogP contribution is -2.41. The Labute approximate surface area is 130 Å². The SMILES string of the molecule is O=C1CCC2(CC1CCS(=O)(=O)c1ccccc1)OCCO2. The van der Waals surface area contributed by atoms with Gasteiger partial charge in [-0.3, -0.25) is 4.79 Å². The van der Waals surface area contributed by atoms with Gasteiger partial charge in [-0.25, -0.2) is 8.42 Å². The molecule has 1 heterocycles. The van der Waals surface area contributed by atoms with Gasteiger partial charge in [0, 0.05) is 25.2 Å². The van der Waals surface area contributed by atoms with Crippen LogP contribution in [0.15, 0.2) is 35.2 Å². The van der Waals surface area contributed by atoms with Crippen molar-refractivity contribution in [1.82, 2.24) is 0 Å². The molecule has 1 unspecified atom stereocenters. The molecular formula is C16H20O5S. The number of carbonyl (C=O) groups is 1. The number of sulfone groups is 1. The first-order valence-electron chi connectivity index (χ1n) is 7.59. The molecule has 1 aromatic carbocycles. The van der Waals surface area contributed by atoms with E-state index in [1.54, 1.807) is 30.3 Å². The van der Waals surface area contributed by atoms with E-state index in [1.807, 2.05) is 0 Å². The number of Topliss-reactive ketones (excluding diaryl/α,β-unsaturated/α-hetero) is 1. The van der Waals surface area contributed by atoms with Crippen LogP contribution in [0.3, 0.4) is 0 Å². The second-order valence-electron chi connectivity index (χ2n) is 5.90. The Morgan fingerprint density at radius 3 is 2.50 bits per heavy atom. The molecule has 0 bridgehead atoms. The fraction of sp³-hybridized carbons (Fsp3) is 0.562. The first kappa shape index (κ1) is 15.6. The van der Waals surface area contributed by atoms with E-state index in [9.17, 15) is 13.2 Å². The van der Waals surface area contributed by atoms with E-state index in [1.165, 1.54) is 0 Å². The van der Waals surface area contributed by atoms with Crippen molar-refractivity contribution in [2.75, 3.05) is 19.0 Å². The van der Waals surface area contributed by atoms with Crippen LogP contribution in [0.1, 0.15) is 25.7 Å². The molecule has 1 spiro atoms. The molecule has 1 aliphatic heterocycles. The zero-order valence-electron chi connectivity index (χ0n) is 12.4. The smallest absolute Gasteiger partial charge is 0.178 e. The lowest BCUT2D eigenvalue weighted by atomic mass is 9.82. The quantitative estimate of drug-likeness (QED) is 0.847. The molecule has 3 rings (SSSR count). The summed E-state index contributed by atoms with van der Waals surface area (Å²) in [6.45, 7) is 1.09. The molecule has 6 heteroatoms. The van der Waals surface area contributed by atoms with Crippen LogP contribution in [0.4, 0.5) is 0 Å². The van der Waals surface area contributed by atoms with Gasteiger partial charge in [0.15, 0.2) is 15.6 Å². The maximum absolute atomic E-state index is 12.3. The topological polar surface area (TPSA) is 69.7 Å². The van der Waals surface area contributed by atoms with Gasteiger partial charge >= 0.3 is 0 Å². The minimum Gasteiger partial charge on any atom is -0.347 e. The predicted octanol–water partition coefficient (Wildman–Crippen LogP) is 1.96. The molecule has 5 nitrogen and oxygen atoms in total. The Morgan fingerprint density at radius 2 is 1.82 bits per heavy atom. The number of carbonyl (C=O) groups excluding carboxylic acids is 1. The minimum absolute atomic E-state index is 0.0243. The van der Waals surface area contributed by atoms with E-state index in [2.05, 4.69) is 0 Å². The van der Waals surface area contributed by atoms with E-state index in [-0.39, 0.29) is 17.5 Å². The van der Waals surface area contributed by atoms with Gasteiger partial charge in [-0.15, -0.1) is 0 Å². The summed E-state index contributed by atoms with van der Waals surface area (Å²) in [5.74, 6) is -0.864. The molecule has 1 saturated carbocycles. The van der Waals surface area contributed by atoms with E-state index in [0.717, 1.165) is 0 Å². The van der Waals surface area contributed by atoms with Gasteiger partial charge in [0.25, 0.3) is 0 Å².